The van der Waals surface area contributed by atoms with Crippen LogP contribution in [0.15, 0.2) is 42.5 Å². The molecule has 7 nitrogen and oxygen atoms in total. The molecule has 0 aromatic heterocycles. The topological polar surface area (TPSA) is 79.0 Å². The Balaban J connectivity index is 1.56. The molecule has 0 spiro atoms. The number of hydrogen-bond donors (Lipinski definition) is 1. The van der Waals surface area contributed by atoms with Crippen molar-refractivity contribution < 1.29 is 22.3 Å². The third kappa shape index (κ3) is 6.81. The van der Waals surface area contributed by atoms with Crippen LogP contribution in [0.3, 0.4) is 0 Å². The van der Waals surface area contributed by atoms with E-state index in [9.17, 15) is 17.6 Å². The maximum Gasteiger partial charge on any atom is 0.260 e. The fourth-order valence-electron chi connectivity index (χ4n) is 3.53. The van der Waals surface area contributed by atoms with Crippen LogP contribution in [0.1, 0.15) is 12.5 Å². The molecule has 1 aliphatic rings. The molecular weight excluding hydrogens is 445 g/mol. The highest BCUT2D eigenvalue weighted by Crippen LogP contribution is 2.29. The zero-order valence-electron chi connectivity index (χ0n) is 17.3. The summed E-state index contributed by atoms with van der Waals surface area (Å²) in [5, 5.41) is 0.343. The molecule has 2 aromatic rings. The Bertz CT molecular complexity index is 1030. The van der Waals surface area contributed by atoms with Crippen LogP contribution < -0.4 is 9.46 Å². The number of halogens is 2. The van der Waals surface area contributed by atoms with Crippen molar-refractivity contribution in [1.29, 1.82) is 0 Å². The zero-order valence-corrected chi connectivity index (χ0v) is 18.9. The highest BCUT2D eigenvalue weighted by molar-refractivity contribution is 7.92. The highest BCUT2D eigenvalue weighted by atomic mass is 35.5. The number of rotatable bonds is 7. The SMILES string of the molecule is C[C@@H]1CN(Cc2ccc(F)cc2)CCN1C(=O)COc1ccc(Cl)cc1NS(C)(=O)=O. The molecule has 1 aliphatic heterocycles. The van der Waals surface area contributed by atoms with Crippen molar-refractivity contribution in [1.82, 2.24) is 9.80 Å². The van der Waals surface area contributed by atoms with Crippen LogP contribution >= 0.6 is 11.6 Å². The molecular formula is C21H25ClFN3O4S. The number of nitrogens with zero attached hydrogens (tertiary/aromatic N) is 2. The van der Waals surface area contributed by atoms with Crippen molar-refractivity contribution >= 4 is 33.2 Å². The lowest BCUT2D eigenvalue weighted by Gasteiger charge is -2.39. The summed E-state index contributed by atoms with van der Waals surface area (Å²) in [5.74, 6) is -0.219. The highest BCUT2D eigenvalue weighted by Gasteiger charge is 2.27. The van der Waals surface area contributed by atoms with Gasteiger partial charge in [-0.15, -0.1) is 0 Å². The van der Waals surface area contributed by atoms with Gasteiger partial charge in [-0.2, -0.15) is 0 Å². The van der Waals surface area contributed by atoms with Gasteiger partial charge in [0.2, 0.25) is 10.0 Å². The van der Waals surface area contributed by atoms with E-state index in [1.54, 1.807) is 23.1 Å². The number of amides is 1. The normalized spacial score (nSPS) is 17.4. The first-order valence-electron chi connectivity index (χ1n) is 9.77. The number of nitrogens with one attached hydrogen (secondary N) is 1. The average molecular weight is 470 g/mol. The maximum absolute atomic E-state index is 13.1. The Morgan fingerprint density at radius 1 is 1.23 bits per heavy atom. The molecule has 0 bridgehead atoms. The molecule has 1 N–H and O–H groups in total. The summed E-state index contributed by atoms with van der Waals surface area (Å²) in [7, 11) is -3.53. The minimum atomic E-state index is -3.53. The summed E-state index contributed by atoms with van der Waals surface area (Å²) >= 11 is 5.94. The molecule has 1 atom stereocenters. The van der Waals surface area contributed by atoms with Crippen LogP contribution in [0, 0.1) is 5.82 Å². The van der Waals surface area contributed by atoms with E-state index in [0.717, 1.165) is 11.8 Å². The van der Waals surface area contributed by atoms with Crippen LogP contribution in [0.5, 0.6) is 5.75 Å². The van der Waals surface area contributed by atoms with Gasteiger partial charge in [0.05, 0.1) is 11.9 Å². The fraction of sp³-hybridized carbons (Fsp3) is 0.381. The van der Waals surface area contributed by atoms with Gasteiger partial charge in [0, 0.05) is 37.2 Å². The maximum atomic E-state index is 13.1. The molecule has 31 heavy (non-hydrogen) atoms. The van der Waals surface area contributed by atoms with Crippen LogP contribution in [0.4, 0.5) is 10.1 Å². The van der Waals surface area contributed by atoms with Crippen molar-refractivity contribution in [3.8, 4) is 5.75 Å². The molecule has 0 aliphatic carbocycles. The second kappa shape index (κ2) is 9.84. The van der Waals surface area contributed by atoms with Gasteiger partial charge >= 0.3 is 0 Å². The molecule has 1 heterocycles. The van der Waals surface area contributed by atoms with Gasteiger partial charge in [-0.3, -0.25) is 14.4 Å². The number of anilines is 1. The number of hydrogen-bond acceptors (Lipinski definition) is 5. The predicted octanol–water partition coefficient (Wildman–Crippen LogP) is 2.96. The Morgan fingerprint density at radius 2 is 1.94 bits per heavy atom. The molecule has 1 fully saturated rings. The molecule has 10 heteroatoms. The van der Waals surface area contributed by atoms with Gasteiger partial charge in [0.25, 0.3) is 5.91 Å². The zero-order chi connectivity index (χ0) is 22.6. The lowest BCUT2D eigenvalue weighted by Crippen LogP contribution is -2.54. The summed E-state index contributed by atoms with van der Waals surface area (Å²) in [4.78, 5) is 16.7. The first-order chi connectivity index (χ1) is 14.6. The number of carbonyl (C=O) groups is 1. The first kappa shape index (κ1) is 23.3. The van der Waals surface area contributed by atoms with Crippen LogP contribution in [0.25, 0.3) is 0 Å². The molecule has 2 aromatic carbocycles. The largest absolute Gasteiger partial charge is 0.482 e. The number of piperazine rings is 1. The smallest absolute Gasteiger partial charge is 0.260 e. The number of benzene rings is 2. The Morgan fingerprint density at radius 3 is 2.58 bits per heavy atom. The van der Waals surface area contributed by atoms with Crippen molar-refractivity contribution in [2.75, 3.05) is 37.2 Å². The quantitative estimate of drug-likeness (QED) is 0.674. The number of ether oxygens (including phenoxy) is 1. The van der Waals surface area contributed by atoms with E-state index in [1.807, 2.05) is 6.92 Å². The predicted molar refractivity (Wildman–Crippen MR) is 118 cm³/mol. The molecule has 1 saturated heterocycles. The van der Waals surface area contributed by atoms with Crippen LogP contribution in [-0.4, -0.2) is 62.7 Å². The number of sulfonamides is 1. The van der Waals surface area contributed by atoms with E-state index in [4.69, 9.17) is 16.3 Å². The Hall–Kier alpha value is -2.36. The summed E-state index contributed by atoms with van der Waals surface area (Å²) in [5.41, 5.74) is 1.20. The molecule has 0 saturated carbocycles. The second-order valence-electron chi connectivity index (χ2n) is 7.60. The first-order valence-corrected chi connectivity index (χ1v) is 12.0. The van der Waals surface area contributed by atoms with Crippen molar-refractivity contribution in [2.45, 2.75) is 19.5 Å². The van der Waals surface area contributed by atoms with E-state index < -0.39 is 10.0 Å². The van der Waals surface area contributed by atoms with E-state index in [2.05, 4.69) is 9.62 Å². The monoisotopic (exact) mass is 469 g/mol. The minimum absolute atomic E-state index is 0.0240. The van der Waals surface area contributed by atoms with E-state index in [1.165, 1.54) is 24.3 Å². The third-order valence-corrected chi connectivity index (χ3v) is 5.77. The minimum Gasteiger partial charge on any atom is -0.482 e. The lowest BCUT2D eigenvalue weighted by molar-refractivity contribution is -0.137. The van der Waals surface area contributed by atoms with Gasteiger partial charge in [-0.25, -0.2) is 12.8 Å². The van der Waals surface area contributed by atoms with Gasteiger partial charge in [-0.1, -0.05) is 23.7 Å². The Kier molecular flexibility index (Phi) is 7.40. The fourth-order valence-corrected chi connectivity index (χ4v) is 4.26. The lowest BCUT2D eigenvalue weighted by atomic mass is 10.1. The van der Waals surface area contributed by atoms with Gasteiger partial charge in [-0.05, 0) is 42.8 Å². The molecule has 0 radical (unpaired) electrons. The summed E-state index contributed by atoms with van der Waals surface area (Å²) in [6.07, 6.45) is 1.02. The van der Waals surface area contributed by atoms with Gasteiger partial charge < -0.3 is 9.64 Å². The van der Waals surface area contributed by atoms with E-state index >= 15 is 0 Å². The third-order valence-electron chi connectivity index (χ3n) is 4.94. The summed E-state index contributed by atoms with van der Waals surface area (Å²) < 4.78 is 44.2. The molecule has 1 amide bonds. The summed E-state index contributed by atoms with van der Waals surface area (Å²) in [6.45, 7) is 4.35. The van der Waals surface area contributed by atoms with E-state index in [0.29, 0.717) is 31.2 Å². The van der Waals surface area contributed by atoms with Gasteiger partial charge in [0.1, 0.15) is 11.6 Å². The summed E-state index contributed by atoms with van der Waals surface area (Å²) in [6, 6.07) is 10.9. The van der Waals surface area contributed by atoms with Crippen molar-refractivity contribution in [3.63, 3.8) is 0 Å². The second-order valence-corrected chi connectivity index (χ2v) is 9.79. The van der Waals surface area contributed by atoms with Crippen molar-refractivity contribution in [3.05, 3.63) is 58.9 Å². The van der Waals surface area contributed by atoms with Gasteiger partial charge in [0.15, 0.2) is 6.61 Å². The standard InChI is InChI=1S/C21H25ClFN3O4S/c1-15-12-25(13-16-3-6-18(23)7-4-16)9-10-26(15)21(27)14-30-20-8-5-17(22)11-19(20)24-31(2,28)29/h3-8,11,15,24H,9-10,12-14H2,1-2H3/t15-/m1/s1. The number of carbonyl (C=O) groups excluding carboxylic acids is 1. The molecule has 168 valence electrons. The van der Waals surface area contributed by atoms with Crippen molar-refractivity contribution in [2.24, 2.45) is 0 Å². The average Bonchev–Trinajstić information content (AvgIpc) is 2.68. The molecule has 3 rings (SSSR count). The van der Waals surface area contributed by atoms with E-state index in [-0.39, 0.29) is 35.8 Å². The molecule has 0 unspecified atom stereocenters. The Labute approximate surface area is 186 Å². The van der Waals surface area contributed by atoms with Crippen LogP contribution in [-0.2, 0) is 21.4 Å². The van der Waals surface area contributed by atoms with Crippen LogP contribution in [0.2, 0.25) is 5.02 Å².